The van der Waals surface area contributed by atoms with Gasteiger partial charge in [0, 0.05) is 85.8 Å². The summed E-state index contributed by atoms with van der Waals surface area (Å²) < 4.78 is 73.4. The maximum Gasteiger partial charge on any atom is 0.286 e. The van der Waals surface area contributed by atoms with Crippen LogP contribution in [0.4, 0.5) is 11.6 Å². The van der Waals surface area contributed by atoms with E-state index in [1.165, 1.54) is 4.90 Å². The van der Waals surface area contributed by atoms with Gasteiger partial charge in [0.2, 0.25) is 5.82 Å². The van der Waals surface area contributed by atoms with Crippen LogP contribution in [-0.4, -0.2) is 210 Å². The first-order valence-corrected chi connectivity index (χ1v) is 53.8. The number of hydrogen-bond acceptors (Lipinski definition) is 18. The Hall–Kier alpha value is -4.42. The molecule has 0 amide bonds. The van der Waals surface area contributed by atoms with Crippen molar-refractivity contribution < 1.29 is 84.2 Å². The first-order chi connectivity index (χ1) is 61.4. The molecule has 4 aromatic carbocycles. The summed E-state index contributed by atoms with van der Waals surface area (Å²) in [5.74, 6) is 9.14. The second-order valence-corrected chi connectivity index (χ2v) is 45.5. The summed E-state index contributed by atoms with van der Waals surface area (Å²) >= 11 is 40.2. The van der Waals surface area contributed by atoms with Gasteiger partial charge in [0.15, 0.2) is 23.2 Å². The van der Waals surface area contributed by atoms with Crippen LogP contribution in [0, 0.1) is 47.3 Å². The maximum atomic E-state index is 8.42. The summed E-state index contributed by atoms with van der Waals surface area (Å²) in [6.45, 7) is 68.4. The van der Waals surface area contributed by atoms with Gasteiger partial charge < -0.3 is 71.2 Å². The van der Waals surface area contributed by atoms with Gasteiger partial charge in [-0.2, -0.15) is 9.62 Å². The Labute approximate surface area is 827 Å². The number of aromatic nitrogens is 4. The zero-order valence-electron chi connectivity index (χ0n) is 83.8. The van der Waals surface area contributed by atoms with Crippen LogP contribution in [0.15, 0.2) is 44.2 Å². The standard InChI is InChI=1S/C100H155Cl4N12O9S4.V/c1-29-111(30-2)43-54-126-89-69(59-117-58-67(22)23)70-75(84(78(89)101)120-49-38-62(12)13)99-110-100-77-76(85(121-50-39-63(14)15)81(104)92(88(77)124-53-42-66(20)21)129-57-46-116(28,35-7)68(24)25)98-109-96-74-71(82(118-47-36-60(8)9)79(102)91(87(74)123-52-41-65(18)19)128-56-45-115(27,33-5)34-6)93(106-96)105-94-73-72(95(107-94)108-97(70)112(99)125-113(98)100)83(119-48-37-61(10)11)80(103)90(86(73)122-51-40-64(16)17)127-55-44-114(26,31-3)32-4;/h60-68H,29-59H2,1-28H3;/q+3;/p+1. The predicted octanol–water partition coefficient (Wildman–Crippen LogP) is 23.4. The Kier molecular flexibility index (Phi) is 41.8. The summed E-state index contributed by atoms with van der Waals surface area (Å²) in [5.41, 5.74) is 2.51. The van der Waals surface area contributed by atoms with Gasteiger partial charge in [-0.1, -0.05) is 167 Å². The largest absolute Gasteiger partial charge is 0.492 e. The molecule has 0 spiro atoms. The number of fused-ring (bicyclic) bond motifs is 15. The fourth-order valence-corrected chi connectivity index (χ4v) is 22.0. The smallest absolute Gasteiger partial charge is 0.286 e. The molecule has 4 aliphatic rings. The van der Waals surface area contributed by atoms with Crippen LogP contribution in [0.5, 0.6) is 40.2 Å². The zero-order chi connectivity index (χ0) is 94.3. The third-order valence-electron chi connectivity index (χ3n) is 26.0. The number of nitrogens with zero attached hydrogens (tertiary/aromatic N) is 11. The van der Waals surface area contributed by atoms with Gasteiger partial charge in [-0.05, 0) is 159 Å². The van der Waals surface area contributed by atoms with E-state index in [1.54, 1.807) is 56.4 Å². The molecule has 130 heavy (non-hydrogen) atoms. The number of ether oxygens (including phenoxy) is 8. The van der Waals surface area contributed by atoms with E-state index in [9.17, 15) is 0 Å². The SMILES string of the molecule is CC[NH+](CC)CCSc1c(Cl)c(OCCC(C)C)c2c3nc4c5c(OCCC(C)C)c(SCC[N+](C)(CC)C(C)C)c(Cl)c(OCCC(C)C)c5c5n4o[n+]-3c(c2c1COCC(C)C)N=c1[n-]c(c2c(OCCC(C)C)c(SCC[N+](C)(CC)CC)c(Cl)c(OCCC(C)C)c12)=NC1=NC(=N5)c2c(OCCC(C)C)c(SCC[N+](C)(CC)CC)c(Cl)c(OCCC(C)C)c21.[V]. The Morgan fingerprint density at radius 2 is 0.800 bits per heavy atom. The van der Waals surface area contributed by atoms with Crippen molar-refractivity contribution in [2.75, 3.05) is 169 Å². The summed E-state index contributed by atoms with van der Waals surface area (Å²) in [7, 11) is 6.95. The van der Waals surface area contributed by atoms with E-state index in [2.05, 4.69) is 194 Å². The Balaban J connectivity index is 0.0000190. The average molecular weight is 1990 g/mol. The number of hydrogen-bond donors (Lipinski definition) is 1. The first kappa shape index (κ1) is 109. The van der Waals surface area contributed by atoms with E-state index in [1.807, 2.05) is 0 Å². The first-order valence-electron chi connectivity index (χ1n) is 48.3. The van der Waals surface area contributed by atoms with Gasteiger partial charge in [0.05, 0.1) is 194 Å². The average Bonchev–Trinajstić information content (AvgIpc) is 1.53. The third kappa shape index (κ3) is 25.9. The number of aliphatic imine (C=N–C) groups is 2. The minimum absolute atomic E-state index is 0. The van der Waals surface area contributed by atoms with Crippen molar-refractivity contribution in [2.45, 2.75) is 250 Å². The molecule has 723 valence electrons. The van der Waals surface area contributed by atoms with Crippen LogP contribution in [0.25, 0.3) is 43.8 Å². The summed E-state index contributed by atoms with van der Waals surface area (Å²) in [4.78, 5) is 40.7. The molecule has 1 unspecified atom stereocenters. The van der Waals surface area contributed by atoms with Gasteiger partial charge >= 0.3 is 0 Å². The van der Waals surface area contributed by atoms with Gasteiger partial charge in [-0.15, -0.1) is 47.0 Å². The molecule has 0 saturated carbocycles. The van der Waals surface area contributed by atoms with Gasteiger partial charge in [-0.25, -0.2) is 4.99 Å². The molecule has 6 bridgehead atoms. The monoisotopic (exact) mass is 1990 g/mol. The Morgan fingerprint density at radius 1 is 0.415 bits per heavy atom. The molecule has 0 aliphatic carbocycles. The van der Waals surface area contributed by atoms with E-state index in [-0.39, 0.29) is 107 Å². The molecule has 10 rings (SSSR count). The number of nitrogens with one attached hydrogen (secondary N) is 1. The quantitative estimate of drug-likeness (QED) is 0.0216. The predicted molar refractivity (Wildman–Crippen MR) is 544 cm³/mol. The molecule has 1 radical (unpaired) electrons. The van der Waals surface area contributed by atoms with Crippen LogP contribution in [0.1, 0.15) is 235 Å². The number of halogens is 4. The summed E-state index contributed by atoms with van der Waals surface area (Å²) in [6.07, 6.45) is 4.99. The van der Waals surface area contributed by atoms with E-state index in [0.717, 1.165) is 114 Å². The van der Waals surface area contributed by atoms with Crippen molar-refractivity contribution >= 4 is 155 Å². The van der Waals surface area contributed by atoms with E-state index in [4.69, 9.17) is 119 Å². The minimum atomic E-state index is 0. The molecular weight excluding hydrogens is 1830 g/mol. The molecule has 30 heteroatoms. The normalized spacial score (nSPS) is 13.7. The van der Waals surface area contributed by atoms with E-state index >= 15 is 0 Å². The molecule has 0 saturated heterocycles. The summed E-state index contributed by atoms with van der Waals surface area (Å²) in [6, 6.07) is 0.342. The Morgan fingerprint density at radius 3 is 1.25 bits per heavy atom. The molecular formula is C100H156Cl4N12O9S4V+4. The topological polar surface area (TPSA) is 176 Å². The summed E-state index contributed by atoms with van der Waals surface area (Å²) in [5, 5.41) is 4.75. The number of quaternary nitrogens is 4. The number of thioether (sulfide) groups is 4. The molecule has 21 nitrogen and oxygen atoms in total. The second kappa shape index (κ2) is 49.7. The molecule has 4 aliphatic heterocycles. The molecule has 0 fully saturated rings. The van der Waals surface area contributed by atoms with Crippen LogP contribution in [-0.2, 0) is 29.9 Å². The van der Waals surface area contributed by atoms with Crippen LogP contribution < -0.4 is 58.8 Å². The fourth-order valence-electron chi connectivity index (χ4n) is 15.5. The maximum absolute atomic E-state index is 8.42. The molecule has 6 aromatic rings. The van der Waals surface area contributed by atoms with Crippen molar-refractivity contribution in [3.05, 3.63) is 47.8 Å². The van der Waals surface area contributed by atoms with Crippen LogP contribution in [0.3, 0.4) is 0 Å². The fraction of sp³-hybridized carbons (Fsp3) is 0.680. The van der Waals surface area contributed by atoms with Crippen LogP contribution in [0.2, 0.25) is 20.1 Å². The van der Waals surface area contributed by atoms with E-state index in [0.29, 0.717) is 238 Å². The molecule has 1 N–H and O–H groups in total. The van der Waals surface area contributed by atoms with Gasteiger partial charge in [0.1, 0.15) is 54.6 Å². The number of amidine groups is 2. The minimum Gasteiger partial charge on any atom is -0.492 e. The third-order valence-corrected chi connectivity index (χ3v) is 32.2. The number of rotatable bonds is 56. The van der Waals surface area contributed by atoms with Gasteiger partial charge in [-0.3, -0.25) is 0 Å². The molecule has 1 atom stereocenters. The van der Waals surface area contributed by atoms with Crippen molar-refractivity contribution in [1.82, 2.24) is 14.5 Å². The van der Waals surface area contributed by atoms with Crippen molar-refractivity contribution in [3.8, 4) is 46.1 Å². The Bertz CT molecular complexity index is 5270. The van der Waals surface area contributed by atoms with E-state index < -0.39 is 0 Å². The second-order valence-electron chi connectivity index (χ2n) is 39.6. The molecule has 2 aromatic heterocycles. The van der Waals surface area contributed by atoms with Crippen LogP contribution >= 0.6 is 93.5 Å². The zero-order valence-corrected chi connectivity index (χ0v) is 91.5. The van der Waals surface area contributed by atoms with Crippen molar-refractivity contribution in [2.24, 2.45) is 67.3 Å². The number of benzene rings is 4. The van der Waals surface area contributed by atoms with Crippen molar-refractivity contribution in [1.29, 1.82) is 0 Å². The van der Waals surface area contributed by atoms with Gasteiger partial charge in [0.25, 0.3) is 11.5 Å². The molecule has 6 heterocycles. The van der Waals surface area contributed by atoms with Crippen molar-refractivity contribution in [3.63, 3.8) is 0 Å².